The maximum absolute atomic E-state index is 4.55. The van der Waals surface area contributed by atoms with E-state index in [1.807, 2.05) is 24.4 Å². The zero-order valence-corrected chi connectivity index (χ0v) is 17.8. The molecule has 0 radical (unpaired) electrons. The highest BCUT2D eigenvalue weighted by atomic mass is 31.1. The van der Waals surface area contributed by atoms with E-state index in [9.17, 15) is 0 Å². The average molecular weight is 413 g/mol. The van der Waals surface area contributed by atoms with Crippen LogP contribution in [0.5, 0.6) is 0 Å². The van der Waals surface area contributed by atoms with Crippen LogP contribution in [0.2, 0.25) is 0 Å². The first-order valence-corrected chi connectivity index (χ1v) is 11.6. The Labute approximate surface area is 184 Å². The molecule has 0 aliphatic carbocycles. The lowest BCUT2D eigenvalue weighted by atomic mass is 10.1. The molecule has 31 heavy (non-hydrogen) atoms. The van der Waals surface area contributed by atoms with Gasteiger partial charge in [0, 0.05) is 22.5 Å². The maximum Gasteiger partial charge on any atom is 0.0858 e. The monoisotopic (exact) mass is 413 g/mol. The average Bonchev–Trinajstić information content (AvgIpc) is 2.85. The molecule has 5 aromatic rings. The van der Waals surface area contributed by atoms with Crippen LogP contribution in [0.15, 0.2) is 121 Å². The van der Waals surface area contributed by atoms with Gasteiger partial charge in [0.2, 0.25) is 0 Å². The van der Waals surface area contributed by atoms with Crippen molar-refractivity contribution in [3.05, 3.63) is 133 Å². The van der Waals surface area contributed by atoms with Crippen molar-refractivity contribution in [1.29, 1.82) is 0 Å². The number of aromatic nitrogens is 1. The van der Waals surface area contributed by atoms with Crippen LogP contribution in [0.4, 0.5) is 0 Å². The summed E-state index contributed by atoms with van der Waals surface area (Å²) in [7, 11) is -0.700. The predicted molar refractivity (Wildman–Crippen MR) is 133 cm³/mol. The molecule has 4 aromatic carbocycles. The van der Waals surface area contributed by atoms with Crippen LogP contribution in [-0.2, 0) is 0 Å². The van der Waals surface area contributed by atoms with Gasteiger partial charge in [0.15, 0.2) is 0 Å². The molecular weight excluding hydrogens is 393 g/mol. The van der Waals surface area contributed by atoms with E-state index < -0.39 is 7.92 Å². The minimum absolute atomic E-state index is 0.700. The summed E-state index contributed by atoms with van der Waals surface area (Å²) >= 11 is 0. The smallest absolute Gasteiger partial charge is 0.0858 e. The Morgan fingerprint density at radius 1 is 0.516 bits per heavy atom. The second-order valence-corrected chi connectivity index (χ2v) is 9.34. The molecular formula is C29H20NP. The third-order valence-electron chi connectivity index (χ3n) is 5.14. The van der Waals surface area contributed by atoms with Crippen LogP contribution in [-0.4, -0.2) is 4.98 Å². The van der Waals surface area contributed by atoms with Gasteiger partial charge in [0.1, 0.15) is 0 Å². The molecule has 0 atom stereocenters. The summed E-state index contributed by atoms with van der Waals surface area (Å²) in [6, 6.07) is 40.2. The molecule has 1 heterocycles. The molecule has 0 fully saturated rings. The fraction of sp³-hybridized carbons (Fsp3) is 0. The fourth-order valence-electron chi connectivity index (χ4n) is 3.70. The van der Waals surface area contributed by atoms with Gasteiger partial charge in [0.25, 0.3) is 0 Å². The molecule has 0 aliphatic rings. The first-order valence-electron chi connectivity index (χ1n) is 10.3. The maximum atomic E-state index is 4.55. The predicted octanol–water partition coefficient (Wildman–Crippen LogP) is 5.39. The van der Waals surface area contributed by atoms with E-state index in [1.165, 1.54) is 15.9 Å². The fourth-order valence-corrected chi connectivity index (χ4v) is 6.10. The number of benzene rings is 4. The Hall–Kier alpha value is -3.72. The highest BCUT2D eigenvalue weighted by molar-refractivity contribution is 7.79. The normalized spacial score (nSPS) is 10.6. The quantitative estimate of drug-likeness (QED) is 0.285. The van der Waals surface area contributed by atoms with Gasteiger partial charge in [-0.25, -0.2) is 0 Å². The number of hydrogen-bond donors (Lipinski definition) is 0. The van der Waals surface area contributed by atoms with Crippen molar-refractivity contribution >= 4 is 34.7 Å². The van der Waals surface area contributed by atoms with E-state index in [0.717, 1.165) is 22.0 Å². The second kappa shape index (κ2) is 8.97. The molecule has 0 amide bonds. The summed E-state index contributed by atoms with van der Waals surface area (Å²) in [6.45, 7) is 0. The molecule has 0 spiro atoms. The first kappa shape index (κ1) is 19.3. The van der Waals surface area contributed by atoms with Gasteiger partial charge in [-0.3, -0.25) is 4.98 Å². The minimum atomic E-state index is -0.700. The van der Waals surface area contributed by atoms with Gasteiger partial charge in [0.05, 0.1) is 11.1 Å². The molecule has 2 heteroatoms. The van der Waals surface area contributed by atoms with E-state index in [0.29, 0.717) is 0 Å². The van der Waals surface area contributed by atoms with Gasteiger partial charge in [-0.2, -0.15) is 0 Å². The van der Waals surface area contributed by atoms with E-state index >= 15 is 0 Å². The number of nitrogens with zero attached hydrogens (tertiary/aromatic N) is 1. The van der Waals surface area contributed by atoms with Gasteiger partial charge in [-0.1, -0.05) is 109 Å². The molecule has 0 aliphatic heterocycles. The molecule has 0 N–H and O–H groups in total. The molecule has 0 bridgehead atoms. The van der Waals surface area contributed by atoms with E-state index in [-0.39, 0.29) is 0 Å². The van der Waals surface area contributed by atoms with Crippen LogP contribution >= 0.6 is 7.92 Å². The Morgan fingerprint density at radius 3 is 1.84 bits per heavy atom. The summed E-state index contributed by atoms with van der Waals surface area (Å²) < 4.78 is 0. The Bertz CT molecular complexity index is 1340. The summed E-state index contributed by atoms with van der Waals surface area (Å²) in [5.74, 6) is 6.87. The largest absolute Gasteiger partial charge is 0.255 e. The van der Waals surface area contributed by atoms with Gasteiger partial charge >= 0.3 is 0 Å². The van der Waals surface area contributed by atoms with Crippen LogP contribution in [0.3, 0.4) is 0 Å². The van der Waals surface area contributed by atoms with Crippen molar-refractivity contribution in [1.82, 2.24) is 4.98 Å². The molecule has 5 rings (SSSR count). The van der Waals surface area contributed by atoms with Crippen molar-refractivity contribution in [2.24, 2.45) is 0 Å². The summed E-state index contributed by atoms with van der Waals surface area (Å²) in [5.41, 5.74) is 2.97. The Kier molecular flexibility index (Phi) is 5.57. The van der Waals surface area contributed by atoms with Crippen molar-refractivity contribution in [2.75, 3.05) is 0 Å². The van der Waals surface area contributed by atoms with Gasteiger partial charge < -0.3 is 0 Å². The highest BCUT2D eigenvalue weighted by Crippen LogP contribution is 2.33. The summed E-state index contributed by atoms with van der Waals surface area (Å²) in [4.78, 5) is 4.55. The third-order valence-corrected chi connectivity index (χ3v) is 7.64. The topological polar surface area (TPSA) is 12.9 Å². The highest BCUT2D eigenvalue weighted by Gasteiger charge is 2.18. The van der Waals surface area contributed by atoms with Crippen molar-refractivity contribution in [3.63, 3.8) is 0 Å². The van der Waals surface area contributed by atoms with Gasteiger partial charge in [-0.15, -0.1) is 0 Å². The third kappa shape index (κ3) is 4.13. The number of fused-ring (bicyclic) bond motifs is 1. The SMILES string of the molecule is C(#Cc1cccc2cccnc12)c1ccccc1P(c1ccccc1)c1ccccc1. The minimum Gasteiger partial charge on any atom is -0.255 e. The van der Waals surface area contributed by atoms with Crippen LogP contribution in [0.1, 0.15) is 11.1 Å². The number of para-hydroxylation sites is 1. The van der Waals surface area contributed by atoms with Crippen molar-refractivity contribution in [3.8, 4) is 11.8 Å². The first-order chi connectivity index (χ1) is 15.4. The van der Waals surface area contributed by atoms with E-state index in [4.69, 9.17) is 0 Å². The molecule has 0 unspecified atom stereocenters. The van der Waals surface area contributed by atoms with Gasteiger partial charge in [-0.05, 0) is 36.7 Å². The van der Waals surface area contributed by atoms with Crippen LogP contribution in [0, 0.1) is 11.8 Å². The molecule has 1 nitrogen and oxygen atoms in total. The summed E-state index contributed by atoms with van der Waals surface area (Å²) in [6.07, 6.45) is 1.82. The molecule has 0 saturated heterocycles. The lowest BCUT2D eigenvalue weighted by Crippen LogP contribution is -2.22. The molecule has 0 saturated carbocycles. The lowest BCUT2D eigenvalue weighted by molar-refractivity contribution is 1.40. The van der Waals surface area contributed by atoms with E-state index in [2.05, 4.69) is 114 Å². The zero-order valence-electron chi connectivity index (χ0n) is 16.9. The van der Waals surface area contributed by atoms with E-state index in [1.54, 1.807) is 0 Å². The van der Waals surface area contributed by atoms with Crippen molar-refractivity contribution in [2.45, 2.75) is 0 Å². The number of rotatable bonds is 3. The van der Waals surface area contributed by atoms with Crippen LogP contribution < -0.4 is 15.9 Å². The van der Waals surface area contributed by atoms with Crippen molar-refractivity contribution < 1.29 is 0 Å². The standard InChI is InChI=1S/C29H20NP/c1-3-15-26(16-4-1)31(27-17-5-2-6-18-27)28-19-8-7-11-23(28)20-21-25-13-9-12-24-14-10-22-30-29(24)25/h1-19,22H. The second-order valence-electron chi connectivity index (χ2n) is 7.15. The molecule has 1 aromatic heterocycles. The lowest BCUT2D eigenvalue weighted by Gasteiger charge is -2.20. The Balaban J connectivity index is 1.65. The number of hydrogen-bond acceptors (Lipinski definition) is 1. The zero-order chi connectivity index (χ0) is 20.9. The van der Waals surface area contributed by atoms with Crippen LogP contribution in [0.25, 0.3) is 10.9 Å². The molecule has 146 valence electrons. The summed E-state index contributed by atoms with van der Waals surface area (Å²) in [5, 5.41) is 5.03. The Morgan fingerprint density at radius 2 is 1.10 bits per heavy atom. The number of pyridine rings is 1.